The summed E-state index contributed by atoms with van der Waals surface area (Å²) < 4.78 is 37.9. The van der Waals surface area contributed by atoms with Crippen molar-refractivity contribution in [1.82, 2.24) is 0 Å². The Morgan fingerprint density at radius 2 is 1.80 bits per heavy atom. The molecule has 130 valence electrons. The maximum absolute atomic E-state index is 12.5. The number of carbonyl (C=O) groups is 1. The molecule has 8 heteroatoms. The van der Waals surface area contributed by atoms with Crippen molar-refractivity contribution in [3.8, 4) is 11.5 Å². The van der Waals surface area contributed by atoms with Crippen molar-refractivity contribution >= 4 is 45.5 Å². The molecule has 0 aliphatic heterocycles. The molecule has 2 N–H and O–H groups in total. The first-order valence-electron chi connectivity index (χ1n) is 7.16. The van der Waals surface area contributed by atoms with Crippen LogP contribution in [-0.4, -0.2) is 60.5 Å². The first kappa shape index (κ1) is 21.7. The molecule has 2 rings (SSSR count). The Bertz CT molecular complexity index is 849. The van der Waals surface area contributed by atoms with Gasteiger partial charge < -0.3 is 9.84 Å². The molecule has 0 saturated heterocycles. The van der Waals surface area contributed by atoms with Crippen molar-refractivity contribution in [2.45, 2.75) is 18.6 Å². The van der Waals surface area contributed by atoms with Crippen LogP contribution in [0.5, 0.6) is 11.5 Å². The van der Waals surface area contributed by atoms with Gasteiger partial charge in [-0.25, -0.2) is 0 Å². The summed E-state index contributed by atoms with van der Waals surface area (Å²) >= 11 is 0. The van der Waals surface area contributed by atoms with Gasteiger partial charge in [0.05, 0.1) is 12.7 Å². The third-order valence-electron chi connectivity index (χ3n) is 3.64. The van der Waals surface area contributed by atoms with E-state index < -0.39 is 27.6 Å². The first-order valence-corrected chi connectivity index (χ1v) is 8.66. The molecule has 1 atom stereocenters. The van der Waals surface area contributed by atoms with Crippen LogP contribution in [0.2, 0.25) is 0 Å². The maximum atomic E-state index is 12.5. The molecule has 1 unspecified atom stereocenters. The summed E-state index contributed by atoms with van der Waals surface area (Å²) in [5.74, 6) is -0.835. The van der Waals surface area contributed by atoms with E-state index in [0.29, 0.717) is 11.1 Å². The Morgan fingerprint density at radius 1 is 1.20 bits per heavy atom. The van der Waals surface area contributed by atoms with Gasteiger partial charge in [-0.2, -0.15) is 8.42 Å². The number of phenolic OH excluding ortho intramolecular Hbond substituents is 1. The Labute approximate surface area is 168 Å². The van der Waals surface area contributed by atoms with Crippen LogP contribution in [0, 0.1) is 6.92 Å². The van der Waals surface area contributed by atoms with E-state index in [9.17, 15) is 22.9 Å². The molecule has 0 saturated carbocycles. The molecule has 0 aliphatic rings. The summed E-state index contributed by atoms with van der Waals surface area (Å²) in [7, 11) is -3.14. The summed E-state index contributed by atoms with van der Waals surface area (Å²) in [4.78, 5) is 12.5. The van der Waals surface area contributed by atoms with Gasteiger partial charge in [-0.1, -0.05) is 30.3 Å². The molecule has 0 amide bonds. The number of benzene rings is 2. The van der Waals surface area contributed by atoms with Gasteiger partial charge in [0.15, 0.2) is 17.3 Å². The number of ketones is 1. The van der Waals surface area contributed by atoms with E-state index in [1.807, 2.05) is 0 Å². The van der Waals surface area contributed by atoms with Crippen LogP contribution >= 0.6 is 0 Å². The van der Waals surface area contributed by atoms with E-state index in [0.717, 1.165) is 0 Å². The number of hydrogen-bond acceptors (Lipinski definition) is 5. The minimum absolute atomic E-state index is 0. The summed E-state index contributed by atoms with van der Waals surface area (Å²) in [6, 6.07) is 11.0. The van der Waals surface area contributed by atoms with E-state index in [4.69, 9.17) is 4.74 Å². The van der Waals surface area contributed by atoms with Gasteiger partial charge in [0.1, 0.15) is 5.25 Å². The van der Waals surface area contributed by atoms with Gasteiger partial charge in [0, 0.05) is 6.42 Å². The molecule has 0 radical (unpaired) electrons. The van der Waals surface area contributed by atoms with Gasteiger partial charge in [0.25, 0.3) is 10.1 Å². The Kier molecular flexibility index (Phi) is 7.64. The topological polar surface area (TPSA) is 101 Å². The number of carbonyl (C=O) groups excluding carboxylic acids is 1. The molecule has 0 bridgehead atoms. The van der Waals surface area contributed by atoms with Crippen LogP contribution in [0.1, 0.15) is 33.2 Å². The Morgan fingerprint density at radius 3 is 2.32 bits per heavy atom. The molecule has 0 fully saturated rings. The van der Waals surface area contributed by atoms with E-state index >= 15 is 0 Å². The fraction of sp³-hybridized carbons (Fsp3) is 0.235. The van der Waals surface area contributed by atoms with Crippen LogP contribution in [0.25, 0.3) is 0 Å². The van der Waals surface area contributed by atoms with Crippen molar-refractivity contribution in [3.05, 3.63) is 59.2 Å². The van der Waals surface area contributed by atoms with Gasteiger partial charge in [0.2, 0.25) is 0 Å². The second kappa shape index (κ2) is 8.82. The van der Waals surface area contributed by atoms with E-state index in [1.165, 1.54) is 25.3 Å². The molecule has 6 nitrogen and oxygen atoms in total. The molecule has 0 heterocycles. The zero-order chi connectivity index (χ0) is 17.9. The van der Waals surface area contributed by atoms with E-state index in [-0.39, 0.29) is 46.6 Å². The average molecular weight is 374 g/mol. The van der Waals surface area contributed by atoms with E-state index in [1.54, 1.807) is 31.2 Å². The molecule has 2 aromatic carbocycles. The number of hydrogen-bond donors (Lipinski definition) is 2. The average Bonchev–Trinajstić information content (AvgIpc) is 2.53. The normalized spacial score (nSPS) is 12.1. The first-order chi connectivity index (χ1) is 11.2. The van der Waals surface area contributed by atoms with Crippen LogP contribution in [-0.2, 0) is 10.1 Å². The van der Waals surface area contributed by atoms with Gasteiger partial charge in [-0.05, 0) is 30.2 Å². The predicted molar refractivity (Wildman–Crippen MR) is 96.2 cm³/mol. The van der Waals surface area contributed by atoms with Crippen molar-refractivity contribution in [3.63, 3.8) is 0 Å². The third kappa shape index (κ3) is 5.29. The monoisotopic (exact) mass is 374 g/mol. The van der Waals surface area contributed by atoms with Crippen LogP contribution in [0.3, 0.4) is 0 Å². The number of aromatic hydroxyl groups is 1. The number of methoxy groups -OCH3 is 1. The summed E-state index contributed by atoms with van der Waals surface area (Å²) in [5, 5.41) is 8.71. The van der Waals surface area contributed by atoms with E-state index in [2.05, 4.69) is 0 Å². The van der Waals surface area contributed by atoms with Gasteiger partial charge in [-0.15, -0.1) is 0 Å². The molecule has 2 aromatic rings. The SMILES string of the molecule is COc1cc(C)cc(C(=O)CC(c2ccccc2)S(=O)(=O)O)c1O.[NaH]. The van der Waals surface area contributed by atoms with Crippen molar-refractivity contribution < 1.29 is 27.6 Å². The zero-order valence-electron chi connectivity index (χ0n) is 13.3. The number of Topliss-reactive ketones (excluding diaryl/α,β-unsaturated/α-hetero) is 1. The van der Waals surface area contributed by atoms with Gasteiger partial charge >= 0.3 is 29.6 Å². The fourth-order valence-corrected chi connectivity index (χ4v) is 3.32. The molecule has 25 heavy (non-hydrogen) atoms. The number of ether oxygens (including phenoxy) is 1. The summed E-state index contributed by atoms with van der Waals surface area (Å²) in [6.07, 6.45) is -0.497. The van der Waals surface area contributed by atoms with Crippen molar-refractivity contribution in [2.75, 3.05) is 7.11 Å². The second-order valence-corrected chi connectivity index (χ2v) is 7.00. The van der Waals surface area contributed by atoms with Gasteiger partial charge in [-0.3, -0.25) is 9.35 Å². The predicted octanol–water partition coefficient (Wildman–Crippen LogP) is 2.26. The third-order valence-corrected chi connectivity index (χ3v) is 4.80. The molecule has 0 aliphatic carbocycles. The van der Waals surface area contributed by atoms with Crippen LogP contribution < -0.4 is 4.74 Å². The standard InChI is InChI=1S/C17H18O6S.Na.H/c1-11-8-13(17(19)15(9-11)23-2)14(18)10-16(24(20,21)22)12-6-4-3-5-7-12;;/h3-9,16,19H,10H2,1-2H3,(H,20,21,22);;. The van der Waals surface area contributed by atoms with Crippen LogP contribution in [0.4, 0.5) is 0 Å². The second-order valence-electron chi connectivity index (χ2n) is 5.40. The zero-order valence-corrected chi connectivity index (χ0v) is 14.1. The molecule has 0 aromatic heterocycles. The van der Waals surface area contributed by atoms with Crippen molar-refractivity contribution in [2.24, 2.45) is 0 Å². The fourth-order valence-electron chi connectivity index (χ4n) is 2.45. The summed E-state index contributed by atoms with van der Waals surface area (Å²) in [5.41, 5.74) is 0.931. The Hall–Kier alpha value is -1.38. The molecular weight excluding hydrogens is 355 g/mol. The molecular formula is C17H19NaO6S. The molecule has 0 spiro atoms. The van der Waals surface area contributed by atoms with Crippen molar-refractivity contribution in [1.29, 1.82) is 0 Å². The minimum atomic E-state index is -4.49. The number of rotatable bonds is 6. The Balaban J connectivity index is 0.00000312. The number of phenols is 1. The number of aryl methyl sites for hydroxylation is 1. The van der Waals surface area contributed by atoms with Crippen LogP contribution in [0.15, 0.2) is 42.5 Å². The quantitative estimate of drug-likeness (QED) is 0.457. The summed E-state index contributed by atoms with van der Waals surface area (Å²) in [6.45, 7) is 1.72.